The van der Waals surface area contributed by atoms with E-state index in [0.29, 0.717) is 5.92 Å². The molecule has 1 radical (unpaired) electrons. The van der Waals surface area contributed by atoms with Crippen LogP contribution in [0.5, 0.6) is 0 Å². The maximum atomic E-state index is 6.24. The number of halogens is 1. The Hall–Kier alpha value is -1.27. The largest absolute Gasteiger partial charge is 0.0840 e. The molecule has 1 aliphatic rings. The molecule has 0 saturated heterocycles. The molecule has 2 aromatic rings. The van der Waals surface area contributed by atoms with Gasteiger partial charge in [0.05, 0.1) is 0 Å². The van der Waals surface area contributed by atoms with E-state index in [9.17, 15) is 0 Å². The van der Waals surface area contributed by atoms with Gasteiger partial charge in [0.1, 0.15) is 0 Å². The van der Waals surface area contributed by atoms with Crippen LogP contribution >= 0.6 is 11.6 Å². The maximum absolute atomic E-state index is 6.24. The van der Waals surface area contributed by atoms with Gasteiger partial charge in [-0.05, 0) is 41.7 Å². The SMILES string of the molecule is Clc1ccc[c]c1C1CCc2ccccc21. The Morgan fingerprint density at radius 3 is 2.88 bits per heavy atom. The summed E-state index contributed by atoms with van der Waals surface area (Å²) in [6, 6.07) is 17.8. The van der Waals surface area contributed by atoms with E-state index in [2.05, 4.69) is 30.3 Å². The van der Waals surface area contributed by atoms with Gasteiger partial charge in [0.25, 0.3) is 0 Å². The summed E-state index contributed by atoms with van der Waals surface area (Å²) in [7, 11) is 0. The second kappa shape index (κ2) is 3.95. The molecule has 16 heavy (non-hydrogen) atoms. The first-order valence-electron chi connectivity index (χ1n) is 5.60. The Morgan fingerprint density at radius 2 is 2.00 bits per heavy atom. The highest BCUT2D eigenvalue weighted by atomic mass is 35.5. The predicted octanol–water partition coefficient (Wildman–Crippen LogP) is 4.22. The summed E-state index contributed by atoms with van der Waals surface area (Å²) < 4.78 is 0. The van der Waals surface area contributed by atoms with Gasteiger partial charge >= 0.3 is 0 Å². The van der Waals surface area contributed by atoms with Gasteiger partial charge in [-0.15, -0.1) is 0 Å². The summed E-state index contributed by atoms with van der Waals surface area (Å²) in [5.74, 6) is 0.435. The van der Waals surface area contributed by atoms with Crippen LogP contribution in [0.2, 0.25) is 5.02 Å². The lowest BCUT2D eigenvalue weighted by Crippen LogP contribution is -1.96. The van der Waals surface area contributed by atoms with Crippen LogP contribution in [-0.4, -0.2) is 0 Å². The molecule has 0 spiro atoms. The highest BCUT2D eigenvalue weighted by Crippen LogP contribution is 2.40. The van der Waals surface area contributed by atoms with Crippen LogP contribution < -0.4 is 0 Å². The molecule has 0 heterocycles. The van der Waals surface area contributed by atoms with Gasteiger partial charge in [-0.25, -0.2) is 0 Å². The van der Waals surface area contributed by atoms with Crippen molar-refractivity contribution in [2.75, 3.05) is 0 Å². The van der Waals surface area contributed by atoms with Crippen LogP contribution in [0, 0.1) is 6.07 Å². The monoisotopic (exact) mass is 227 g/mol. The molecule has 1 heteroatoms. The van der Waals surface area contributed by atoms with E-state index in [1.807, 2.05) is 18.2 Å². The topological polar surface area (TPSA) is 0 Å². The number of benzene rings is 2. The van der Waals surface area contributed by atoms with Crippen LogP contribution in [0.3, 0.4) is 0 Å². The van der Waals surface area contributed by atoms with Crippen molar-refractivity contribution in [1.29, 1.82) is 0 Å². The zero-order chi connectivity index (χ0) is 11.0. The zero-order valence-electron chi connectivity index (χ0n) is 8.91. The fourth-order valence-electron chi connectivity index (χ4n) is 2.55. The summed E-state index contributed by atoms with van der Waals surface area (Å²) in [6.07, 6.45) is 2.31. The normalized spacial score (nSPS) is 18.4. The average molecular weight is 228 g/mol. The summed E-state index contributed by atoms with van der Waals surface area (Å²) in [6.45, 7) is 0. The van der Waals surface area contributed by atoms with Crippen molar-refractivity contribution < 1.29 is 0 Å². The van der Waals surface area contributed by atoms with Crippen molar-refractivity contribution in [1.82, 2.24) is 0 Å². The van der Waals surface area contributed by atoms with E-state index in [1.54, 1.807) is 0 Å². The Morgan fingerprint density at radius 1 is 1.12 bits per heavy atom. The molecule has 3 rings (SSSR count). The molecule has 0 fully saturated rings. The van der Waals surface area contributed by atoms with Crippen LogP contribution in [0.4, 0.5) is 0 Å². The van der Waals surface area contributed by atoms with Crippen molar-refractivity contribution in [3.05, 3.63) is 70.2 Å². The number of hydrogen-bond donors (Lipinski definition) is 0. The first-order chi connectivity index (χ1) is 7.86. The number of rotatable bonds is 1. The first-order valence-corrected chi connectivity index (χ1v) is 5.98. The molecular formula is C15H12Cl. The van der Waals surface area contributed by atoms with Gasteiger partial charge in [-0.2, -0.15) is 0 Å². The van der Waals surface area contributed by atoms with E-state index in [0.717, 1.165) is 23.4 Å². The van der Waals surface area contributed by atoms with Crippen LogP contribution in [-0.2, 0) is 6.42 Å². The van der Waals surface area contributed by atoms with Crippen LogP contribution in [0.1, 0.15) is 29.0 Å². The average Bonchev–Trinajstić information content (AvgIpc) is 2.74. The molecule has 1 atom stereocenters. The maximum Gasteiger partial charge on any atom is 0.0450 e. The third-order valence-electron chi connectivity index (χ3n) is 3.32. The Bertz CT molecular complexity index is 516. The summed E-state index contributed by atoms with van der Waals surface area (Å²) in [5, 5.41) is 0.837. The first kappa shape index (κ1) is 9.92. The van der Waals surface area contributed by atoms with Crippen molar-refractivity contribution >= 4 is 11.6 Å². The Balaban J connectivity index is 2.08. The third-order valence-corrected chi connectivity index (χ3v) is 3.65. The Kier molecular flexibility index (Phi) is 2.45. The second-order valence-corrected chi connectivity index (χ2v) is 4.63. The van der Waals surface area contributed by atoms with Crippen LogP contribution in [0.25, 0.3) is 0 Å². The zero-order valence-corrected chi connectivity index (χ0v) is 9.67. The standard InChI is InChI=1S/C15H12Cl/c16-15-8-4-3-7-14(15)13-10-9-11-5-1-2-6-12(11)13/h1-6,8,13H,9-10H2. The molecule has 0 aromatic heterocycles. The molecule has 79 valence electrons. The molecule has 1 unspecified atom stereocenters. The lowest BCUT2D eigenvalue weighted by atomic mass is 9.93. The summed E-state index contributed by atoms with van der Waals surface area (Å²) in [5.41, 5.74) is 4.03. The molecule has 0 aliphatic heterocycles. The lowest BCUT2D eigenvalue weighted by Gasteiger charge is -2.13. The van der Waals surface area contributed by atoms with Crippen molar-refractivity contribution in [2.24, 2.45) is 0 Å². The smallest absolute Gasteiger partial charge is 0.0450 e. The third kappa shape index (κ3) is 1.54. The minimum Gasteiger partial charge on any atom is -0.0840 e. The van der Waals surface area contributed by atoms with Gasteiger partial charge in [-0.1, -0.05) is 48.0 Å². The van der Waals surface area contributed by atoms with E-state index in [-0.39, 0.29) is 0 Å². The number of fused-ring (bicyclic) bond motifs is 1. The highest BCUT2D eigenvalue weighted by molar-refractivity contribution is 6.31. The minimum absolute atomic E-state index is 0.435. The van der Waals surface area contributed by atoms with Crippen LogP contribution in [0.15, 0.2) is 42.5 Å². The molecule has 0 saturated carbocycles. The van der Waals surface area contributed by atoms with Gasteiger partial charge in [0.15, 0.2) is 0 Å². The van der Waals surface area contributed by atoms with Gasteiger partial charge < -0.3 is 0 Å². The Labute approximate surface area is 101 Å². The number of hydrogen-bond acceptors (Lipinski definition) is 0. The summed E-state index contributed by atoms with van der Waals surface area (Å²) >= 11 is 6.24. The van der Waals surface area contributed by atoms with Crippen molar-refractivity contribution in [3.8, 4) is 0 Å². The molecule has 0 amide bonds. The minimum atomic E-state index is 0.435. The van der Waals surface area contributed by atoms with Gasteiger partial charge in [0, 0.05) is 10.9 Å². The van der Waals surface area contributed by atoms with E-state index < -0.39 is 0 Å². The number of aryl methyl sites for hydroxylation is 1. The second-order valence-electron chi connectivity index (χ2n) is 4.22. The fourth-order valence-corrected chi connectivity index (χ4v) is 2.81. The predicted molar refractivity (Wildman–Crippen MR) is 66.9 cm³/mol. The molecule has 0 bridgehead atoms. The molecule has 0 nitrogen and oxygen atoms in total. The van der Waals surface area contributed by atoms with E-state index >= 15 is 0 Å². The quantitative estimate of drug-likeness (QED) is 0.685. The van der Waals surface area contributed by atoms with Gasteiger partial charge in [-0.3, -0.25) is 0 Å². The highest BCUT2D eigenvalue weighted by Gasteiger charge is 2.24. The summed E-state index contributed by atoms with van der Waals surface area (Å²) in [4.78, 5) is 0. The molecule has 2 aromatic carbocycles. The molecular weight excluding hydrogens is 216 g/mol. The van der Waals surface area contributed by atoms with Crippen molar-refractivity contribution in [3.63, 3.8) is 0 Å². The fraction of sp³-hybridized carbons (Fsp3) is 0.200. The van der Waals surface area contributed by atoms with Gasteiger partial charge in [0.2, 0.25) is 0 Å². The molecule has 0 N–H and O–H groups in total. The molecule has 1 aliphatic carbocycles. The van der Waals surface area contributed by atoms with E-state index in [1.165, 1.54) is 11.1 Å². The van der Waals surface area contributed by atoms with E-state index in [4.69, 9.17) is 11.6 Å². The lowest BCUT2D eigenvalue weighted by molar-refractivity contribution is 0.787. The van der Waals surface area contributed by atoms with Crippen molar-refractivity contribution in [2.45, 2.75) is 18.8 Å².